The Morgan fingerprint density at radius 1 is 1.19 bits per heavy atom. The maximum atomic E-state index is 12.4. The maximum absolute atomic E-state index is 12.4. The summed E-state index contributed by atoms with van der Waals surface area (Å²) in [5, 5.41) is 2.09. The van der Waals surface area contributed by atoms with Gasteiger partial charge in [0.15, 0.2) is 0 Å². The Hall–Kier alpha value is -2.14. The molecule has 5 heteroatoms. The number of amides is 1. The first-order chi connectivity index (χ1) is 9.97. The monoisotopic (exact) mass is 302 g/mol. The van der Waals surface area contributed by atoms with Gasteiger partial charge in [0.25, 0.3) is 0 Å². The van der Waals surface area contributed by atoms with Gasteiger partial charge in [-0.25, -0.2) is 0 Å². The highest BCUT2D eigenvalue weighted by atomic mass is 32.2. The maximum Gasteiger partial charge on any atom is 0.240 e. The van der Waals surface area contributed by atoms with Crippen LogP contribution in [0, 0.1) is 6.92 Å². The minimum atomic E-state index is -1.39. The van der Waals surface area contributed by atoms with E-state index >= 15 is 0 Å². The summed E-state index contributed by atoms with van der Waals surface area (Å²) < 4.78 is 12.4. The first kappa shape index (κ1) is 15.3. The van der Waals surface area contributed by atoms with E-state index in [9.17, 15) is 9.00 Å². The SMILES string of the molecule is Cc1ccc(S(=O)C(C)C(=O)Nc2cccc(N)c2)cc1. The lowest BCUT2D eigenvalue weighted by atomic mass is 10.2. The largest absolute Gasteiger partial charge is 0.399 e. The molecule has 0 aliphatic carbocycles. The lowest BCUT2D eigenvalue weighted by molar-refractivity contribution is -0.115. The zero-order valence-electron chi connectivity index (χ0n) is 12.0. The van der Waals surface area contributed by atoms with Gasteiger partial charge < -0.3 is 11.1 Å². The summed E-state index contributed by atoms with van der Waals surface area (Å²) in [4.78, 5) is 12.8. The quantitative estimate of drug-likeness (QED) is 0.853. The predicted octanol–water partition coefficient (Wildman–Crippen LogP) is 2.71. The molecule has 0 bridgehead atoms. The van der Waals surface area contributed by atoms with Gasteiger partial charge in [0.2, 0.25) is 5.91 Å². The highest BCUT2D eigenvalue weighted by Crippen LogP contribution is 2.16. The first-order valence-electron chi connectivity index (χ1n) is 6.61. The lowest BCUT2D eigenvalue weighted by Gasteiger charge is -2.12. The molecule has 0 heterocycles. The summed E-state index contributed by atoms with van der Waals surface area (Å²) in [6, 6.07) is 14.3. The average Bonchev–Trinajstić information content (AvgIpc) is 2.46. The predicted molar refractivity (Wildman–Crippen MR) is 86.5 cm³/mol. The Bertz CT molecular complexity index is 668. The van der Waals surface area contributed by atoms with Gasteiger partial charge in [0.05, 0.1) is 10.8 Å². The minimum Gasteiger partial charge on any atom is -0.399 e. The molecule has 3 N–H and O–H groups in total. The third kappa shape index (κ3) is 3.92. The number of nitrogen functional groups attached to an aromatic ring is 1. The van der Waals surface area contributed by atoms with Gasteiger partial charge in [0, 0.05) is 16.3 Å². The molecule has 0 spiro atoms. The molecule has 21 heavy (non-hydrogen) atoms. The third-order valence-corrected chi connectivity index (χ3v) is 4.69. The Balaban J connectivity index is 2.08. The number of carbonyl (C=O) groups is 1. The molecule has 0 aromatic heterocycles. The number of benzene rings is 2. The van der Waals surface area contributed by atoms with Crippen molar-refractivity contribution in [1.29, 1.82) is 0 Å². The molecule has 0 aliphatic heterocycles. The fourth-order valence-corrected chi connectivity index (χ4v) is 2.90. The van der Waals surface area contributed by atoms with Crippen molar-refractivity contribution in [2.24, 2.45) is 0 Å². The van der Waals surface area contributed by atoms with E-state index in [2.05, 4.69) is 5.32 Å². The van der Waals surface area contributed by atoms with Crippen LogP contribution in [0.15, 0.2) is 53.4 Å². The summed E-state index contributed by atoms with van der Waals surface area (Å²) in [5.41, 5.74) is 7.93. The van der Waals surface area contributed by atoms with E-state index in [4.69, 9.17) is 5.73 Å². The highest BCUT2D eigenvalue weighted by Gasteiger charge is 2.21. The molecule has 4 nitrogen and oxygen atoms in total. The van der Waals surface area contributed by atoms with Crippen LogP contribution in [0.2, 0.25) is 0 Å². The second-order valence-electron chi connectivity index (χ2n) is 4.87. The Kier molecular flexibility index (Phi) is 4.75. The van der Waals surface area contributed by atoms with Gasteiger partial charge in [-0.05, 0) is 44.2 Å². The molecule has 2 atom stereocenters. The second kappa shape index (κ2) is 6.54. The van der Waals surface area contributed by atoms with Crippen molar-refractivity contribution in [1.82, 2.24) is 0 Å². The molecule has 110 valence electrons. The molecule has 0 fully saturated rings. The minimum absolute atomic E-state index is 0.292. The van der Waals surface area contributed by atoms with E-state index in [1.807, 2.05) is 19.1 Å². The molecule has 0 aliphatic rings. The van der Waals surface area contributed by atoms with E-state index in [-0.39, 0.29) is 5.91 Å². The van der Waals surface area contributed by atoms with Gasteiger partial charge >= 0.3 is 0 Å². The average molecular weight is 302 g/mol. The van der Waals surface area contributed by atoms with Crippen LogP contribution in [0.25, 0.3) is 0 Å². The van der Waals surface area contributed by atoms with E-state index < -0.39 is 16.0 Å². The summed E-state index contributed by atoms with van der Waals surface area (Å²) in [6.07, 6.45) is 0. The van der Waals surface area contributed by atoms with Crippen molar-refractivity contribution in [3.8, 4) is 0 Å². The van der Waals surface area contributed by atoms with Crippen LogP contribution in [0.5, 0.6) is 0 Å². The molecule has 0 radical (unpaired) electrons. The molecule has 2 rings (SSSR count). The fourth-order valence-electron chi connectivity index (χ4n) is 1.83. The Labute approximate surface area is 126 Å². The van der Waals surface area contributed by atoms with Gasteiger partial charge in [0.1, 0.15) is 5.25 Å². The smallest absolute Gasteiger partial charge is 0.240 e. The molecular weight excluding hydrogens is 284 g/mol. The van der Waals surface area contributed by atoms with Gasteiger partial charge in [-0.15, -0.1) is 0 Å². The zero-order valence-corrected chi connectivity index (χ0v) is 12.8. The van der Waals surface area contributed by atoms with Gasteiger partial charge in [-0.2, -0.15) is 0 Å². The van der Waals surface area contributed by atoms with E-state index in [1.54, 1.807) is 43.3 Å². The summed E-state index contributed by atoms with van der Waals surface area (Å²) in [7, 11) is -1.39. The number of carbonyl (C=O) groups excluding carboxylic acids is 1. The molecule has 2 unspecified atom stereocenters. The lowest BCUT2D eigenvalue weighted by Crippen LogP contribution is -2.29. The van der Waals surface area contributed by atoms with Crippen LogP contribution in [0.3, 0.4) is 0 Å². The van der Waals surface area contributed by atoms with Crippen LogP contribution in [-0.2, 0) is 15.6 Å². The molecule has 0 saturated carbocycles. The van der Waals surface area contributed by atoms with Gasteiger partial charge in [-0.1, -0.05) is 23.8 Å². The summed E-state index contributed by atoms with van der Waals surface area (Å²) >= 11 is 0. The second-order valence-corrected chi connectivity index (χ2v) is 6.64. The summed E-state index contributed by atoms with van der Waals surface area (Å²) in [6.45, 7) is 3.61. The zero-order chi connectivity index (χ0) is 15.4. The molecule has 2 aromatic carbocycles. The fraction of sp³-hybridized carbons (Fsp3) is 0.188. The van der Waals surface area contributed by atoms with Crippen molar-refractivity contribution in [2.45, 2.75) is 24.0 Å². The molecular formula is C16H18N2O2S. The van der Waals surface area contributed by atoms with Crippen molar-refractivity contribution in [3.63, 3.8) is 0 Å². The highest BCUT2D eigenvalue weighted by molar-refractivity contribution is 7.86. The number of nitrogens with two attached hydrogens (primary N) is 1. The van der Waals surface area contributed by atoms with Crippen molar-refractivity contribution in [2.75, 3.05) is 11.1 Å². The Morgan fingerprint density at radius 3 is 2.48 bits per heavy atom. The summed E-state index contributed by atoms with van der Waals surface area (Å²) in [5.74, 6) is -0.292. The van der Waals surface area contributed by atoms with Crippen LogP contribution < -0.4 is 11.1 Å². The number of rotatable bonds is 4. The van der Waals surface area contributed by atoms with Crippen LogP contribution in [0.1, 0.15) is 12.5 Å². The van der Waals surface area contributed by atoms with E-state index in [0.717, 1.165) is 5.56 Å². The normalized spacial score (nSPS) is 13.4. The number of aryl methyl sites for hydroxylation is 1. The van der Waals surface area contributed by atoms with E-state index in [1.165, 1.54) is 0 Å². The van der Waals surface area contributed by atoms with Gasteiger partial charge in [-0.3, -0.25) is 9.00 Å². The number of anilines is 2. The third-order valence-electron chi connectivity index (χ3n) is 3.10. The number of hydrogen-bond donors (Lipinski definition) is 2. The van der Waals surface area contributed by atoms with Crippen molar-refractivity contribution in [3.05, 3.63) is 54.1 Å². The molecule has 0 saturated heterocycles. The van der Waals surface area contributed by atoms with Crippen LogP contribution in [0.4, 0.5) is 11.4 Å². The molecule has 2 aromatic rings. The van der Waals surface area contributed by atoms with Crippen molar-refractivity contribution >= 4 is 28.1 Å². The topological polar surface area (TPSA) is 72.2 Å². The number of hydrogen-bond acceptors (Lipinski definition) is 3. The first-order valence-corrected chi connectivity index (χ1v) is 7.82. The molecule has 1 amide bonds. The van der Waals surface area contributed by atoms with E-state index in [0.29, 0.717) is 16.3 Å². The standard InChI is InChI=1S/C16H18N2O2S/c1-11-6-8-15(9-7-11)21(20)12(2)16(19)18-14-5-3-4-13(17)10-14/h3-10,12H,17H2,1-2H3,(H,18,19). The number of nitrogens with one attached hydrogen (secondary N) is 1. The van der Waals surface area contributed by atoms with Crippen molar-refractivity contribution < 1.29 is 9.00 Å². The van der Waals surface area contributed by atoms with Crippen LogP contribution in [-0.4, -0.2) is 15.4 Å². The Morgan fingerprint density at radius 2 is 1.86 bits per heavy atom. The van der Waals surface area contributed by atoms with Crippen LogP contribution >= 0.6 is 0 Å².